The molecule has 234 valence electrons. The minimum absolute atomic E-state index is 0.830. The van der Waals surface area contributed by atoms with Crippen molar-refractivity contribution in [1.29, 1.82) is 0 Å². The van der Waals surface area contributed by atoms with Gasteiger partial charge < -0.3 is 4.57 Å². The van der Waals surface area contributed by atoms with Gasteiger partial charge in [-0.1, -0.05) is 121 Å². The van der Waals surface area contributed by atoms with E-state index in [0.29, 0.717) is 0 Å². The number of hydrogen-bond acceptors (Lipinski definition) is 3. The molecule has 0 amide bonds. The molecule has 0 radical (unpaired) electrons. The number of nitrogens with zero attached hydrogens (tertiary/aromatic N) is 5. The van der Waals surface area contributed by atoms with Crippen molar-refractivity contribution in [3.63, 3.8) is 0 Å². The van der Waals surface area contributed by atoms with E-state index in [1.807, 2.05) is 42.6 Å². The fraction of sp³-hybridized carbons (Fsp3) is 0. The number of benzene rings is 5. The van der Waals surface area contributed by atoms with Crippen molar-refractivity contribution in [1.82, 2.24) is 24.1 Å². The lowest BCUT2D eigenvalue weighted by Crippen LogP contribution is -2.02. The summed E-state index contributed by atoms with van der Waals surface area (Å²) in [7, 11) is 0. The molecule has 0 unspecified atom stereocenters. The number of aromatic nitrogens is 5. The minimum atomic E-state index is 0.830. The lowest BCUT2D eigenvalue weighted by molar-refractivity contribution is 1.07. The number of hydrogen-bond donors (Lipinski definition) is 0. The Hall–Kier alpha value is -6.85. The van der Waals surface area contributed by atoms with E-state index < -0.39 is 0 Å². The Morgan fingerprint density at radius 1 is 0.360 bits per heavy atom. The van der Waals surface area contributed by atoms with Gasteiger partial charge in [-0.05, 0) is 48.5 Å². The fourth-order valence-electron chi connectivity index (χ4n) is 7.37. The molecule has 0 fully saturated rings. The first-order valence-corrected chi connectivity index (χ1v) is 16.8. The normalized spacial score (nSPS) is 11.6. The summed E-state index contributed by atoms with van der Waals surface area (Å²) >= 11 is 0. The van der Waals surface area contributed by atoms with Crippen molar-refractivity contribution < 1.29 is 0 Å². The Labute approximate surface area is 288 Å². The molecule has 10 rings (SSSR count). The summed E-state index contributed by atoms with van der Waals surface area (Å²) in [5, 5.41) is 4.71. The van der Waals surface area contributed by atoms with Gasteiger partial charge in [-0.2, -0.15) is 0 Å². The minimum Gasteiger partial charge on any atom is -0.307 e. The Morgan fingerprint density at radius 3 is 1.52 bits per heavy atom. The Kier molecular flexibility index (Phi) is 6.42. The van der Waals surface area contributed by atoms with Crippen LogP contribution < -0.4 is 0 Å². The maximum atomic E-state index is 5.24. The zero-order chi connectivity index (χ0) is 33.0. The molecule has 0 saturated heterocycles. The van der Waals surface area contributed by atoms with Crippen molar-refractivity contribution in [2.75, 3.05) is 0 Å². The van der Waals surface area contributed by atoms with Gasteiger partial charge in [0, 0.05) is 38.9 Å². The lowest BCUT2D eigenvalue weighted by Gasteiger charge is -2.15. The second-order valence-corrected chi connectivity index (χ2v) is 12.5. The second kappa shape index (κ2) is 11.4. The summed E-state index contributed by atoms with van der Waals surface area (Å²) in [5.41, 5.74) is 11.2. The van der Waals surface area contributed by atoms with Crippen molar-refractivity contribution in [2.24, 2.45) is 0 Å². The van der Waals surface area contributed by atoms with Crippen LogP contribution in [-0.4, -0.2) is 24.1 Å². The SMILES string of the molecule is c1ccc(-c2cc(-n3c4ccccc4c4ccc5c6ccccc6n(-c6cccc(-c7ccccn7)n6)c5c43)cc(-c3ccccc3)n2)cc1. The molecule has 5 heteroatoms. The quantitative estimate of drug-likeness (QED) is 0.188. The summed E-state index contributed by atoms with van der Waals surface area (Å²) in [4.78, 5) is 15.1. The summed E-state index contributed by atoms with van der Waals surface area (Å²) < 4.78 is 4.75. The van der Waals surface area contributed by atoms with Crippen LogP contribution >= 0.6 is 0 Å². The average Bonchev–Trinajstić information content (AvgIpc) is 3.72. The number of pyridine rings is 3. The van der Waals surface area contributed by atoms with Crippen LogP contribution in [0.15, 0.2) is 176 Å². The molecule has 0 aliphatic carbocycles. The van der Waals surface area contributed by atoms with Crippen LogP contribution in [-0.2, 0) is 0 Å². The van der Waals surface area contributed by atoms with Gasteiger partial charge in [0.1, 0.15) is 5.82 Å². The molecular formula is C45H29N5. The lowest BCUT2D eigenvalue weighted by atomic mass is 10.1. The summed E-state index contributed by atoms with van der Waals surface area (Å²) in [6.45, 7) is 0. The molecular weight excluding hydrogens is 611 g/mol. The van der Waals surface area contributed by atoms with E-state index in [4.69, 9.17) is 9.97 Å². The predicted molar refractivity (Wildman–Crippen MR) is 205 cm³/mol. The zero-order valence-corrected chi connectivity index (χ0v) is 27.0. The average molecular weight is 640 g/mol. The summed E-state index contributed by atoms with van der Waals surface area (Å²) in [6, 6.07) is 59.3. The van der Waals surface area contributed by atoms with E-state index in [-0.39, 0.29) is 0 Å². The molecule has 5 heterocycles. The van der Waals surface area contributed by atoms with Gasteiger partial charge in [-0.25, -0.2) is 9.97 Å². The van der Waals surface area contributed by atoms with E-state index in [1.54, 1.807) is 0 Å². The fourth-order valence-corrected chi connectivity index (χ4v) is 7.37. The molecule has 5 aromatic carbocycles. The van der Waals surface area contributed by atoms with Gasteiger partial charge in [-0.15, -0.1) is 0 Å². The Balaban J connectivity index is 1.35. The van der Waals surface area contributed by atoms with Crippen LogP contribution in [0.3, 0.4) is 0 Å². The standard InChI is InChI=1S/C45H29N5/c1-3-14-30(15-4-1)39-28-32(29-40(47-39)31-16-5-2-6-17-31)49-41-22-9-7-18-33(41)35-25-26-36-34-19-8-10-23-42(34)50(45(36)44(35)49)43-24-13-21-38(48-43)37-20-11-12-27-46-37/h1-29H. The Morgan fingerprint density at radius 2 is 0.900 bits per heavy atom. The molecule has 5 nitrogen and oxygen atoms in total. The molecule has 0 aliphatic heterocycles. The highest BCUT2D eigenvalue weighted by atomic mass is 15.1. The van der Waals surface area contributed by atoms with Gasteiger partial charge in [0.25, 0.3) is 0 Å². The largest absolute Gasteiger partial charge is 0.307 e. The molecule has 0 aliphatic rings. The number of para-hydroxylation sites is 2. The van der Waals surface area contributed by atoms with E-state index in [1.165, 1.54) is 21.5 Å². The van der Waals surface area contributed by atoms with Crippen LogP contribution in [0, 0.1) is 0 Å². The number of fused-ring (bicyclic) bond motifs is 7. The highest BCUT2D eigenvalue weighted by Crippen LogP contribution is 2.42. The number of rotatable bonds is 5. The smallest absolute Gasteiger partial charge is 0.138 e. The molecule has 5 aromatic heterocycles. The second-order valence-electron chi connectivity index (χ2n) is 12.5. The van der Waals surface area contributed by atoms with Crippen LogP contribution in [0.2, 0.25) is 0 Å². The molecule has 0 atom stereocenters. The first-order valence-electron chi connectivity index (χ1n) is 16.8. The molecule has 0 saturated carbocycles. The van der Waals surface area contributed by atoms with E-state index in [2.05, 4.69) is 148 Å². The van der Waals surface area contributed by atoms with Crippen molar-refractivity contribution >= 4 is 43.6 Å². The van der Waals surface area contributed by atoms with Crippen LogP contribution in [0.5, 0.6) is 0 Å². The first-order chi connectivity index (χ1) is 24.8. The maximum absolute atomic E-state index is 5.24. The van der Waals surface area contributed by atoms with Crippen LogP contribution in [0.1, 0.15) is 0 Å². The van der Waals surface area contributed by atoms with Crippen LogP contribution in [0.25, 0.3) is 89.0 Å². The molecule has 10 aromatic rings. The topological polar surface area (TPSA) is 48.5 Å². The van der Waals surface area contributed by atoms with Gasteiger partial charge in [0.2, 0.25) is 0 Å². The van der Waals surface area contributed by atoms with Crippen molar-refractivity contribution in [3.05, 3.63) is 176 Å². The highest BCUT2D eigenvalue weighted by Gasteiger charge is 2.22. The zero-order valence-electron chi connectivity index (χ0n) is 27.0. The maximum Gasteiger partial charge on any atom is 0.138 e. The molecule has 50 heavy (non-hydrogen) atoms. The van der Waals surface area contributed by atoms with E-state index in [0.717, 1.165) is 67.5 Å². The van der Waals surface area contributed by atoms with E-state index >= 15 is 0 Å². The summed E-state index contributed by atoms with van der Waals surface area (Å²) in [5.74, 6) is 0.841. The molecule has 0 N–H and O–H groups in total. The Bertz CT molecular complexity index is 2800. The molecule has 0 spiro atoms. The molecule has 0 bridgehead atoms. The third kappa shape index (κ3) is 4.45. The monoisotopic (exact) mass is 639 g/mol. The van der Waals surface area contributed by atoms with E-state index in [9.17, 15) is 0 Å². The third-order valence-electron chi connectivity index (χ3n) is 9.57. The van der Waals surface area contributed by atoms with Gasteiger partial charge >= 0.3 is 0 Å². The van der Waals surface area contributed by atoms with Gasteiger partial charge in [0.05, 0.1) is 50.5 Å². The van der Waals surface area contributed by atoms with Crippen molar-refractivity contribution in [2.45, 2.75) is 0 Å². The van der Waals surface area contributed by atoms with Gasteiger partial charge in [0.15, 0.2) is 0 Å². The predicted octanol–water partition coefficient (Wildman–Crippen LogP) is 11.1. The van der Waals surface area contributed by atoms with Gasteiger partial charge in [-0.3, -0.25) is 9.55 Å². The summed E-state index contributed by atoms with van der Waals surface area (Å²) in [6.07, 6.45) is 1.81. The highest BCUT2D eigenvalue weighted by molar-refractivity contribution is 6.23. The van der Waals surface area contributed by atoms with Crippen LogP contribution in [0.4, 0.5) is 0 Å². The van der Waals surface area contributed by atoms with Crippen molar-refractivity contribution in [3.8, 4) is 45.4 Å². The first kappa shape index (κ1) is 28.2. The third-order valence-corrected chi connectivity index (χ3v) is 9.57.